The molecule has 1 fully saturated rings. The molecule has 1 unspecified atom stereocenters. The molecule has 2 nitrogen and oxygen atoms in total. The van der Waals surface area contributed by atoms with Crippen LogP contribution in [0.1, 0.15) is 18.4 Å². The van der Waals surface area contributed by atoms with Gasteiger partial charge in [0.15, 0.2) is 0 Å². The largest absolute Gasteiger partial charge is 0.356 e. The van der Waals surface area contributed by atoms with Crippen molar-refractivity contribution in [2.45, 2.75) is 25.8 Å². The molecular weight excluding hydrogens is 172 g/mol. The molecule has 1 atom stereocenters. The molecule has 0 amide bonds. The van der Waals surface area contributed by atoms with Gasteiger partial charge >= 0.3 is 0 Å². The third-order valence-corrected chi connectivity index (χ3v) is 2.77. The van der Waals surface area contributed by atoms with E-state index in [0.29, 0.717) is 0 Å². The van der Waals surface area contributed by atoms with E-state index in [1.54, 1.807) is 0 Å². The van der Waals surface area contributed by atoms with Gasteiger partial charge in [0.25, 0.3) is 0 Å². The van der Waals surface area contributed by atoms with Crippen molar-refractivity contribution >= 4 is 5.69 Å². The van der Waals surface area contributed by atoms with Crippen LogP contribution in [-0.2, 0) is 0 Å². The second-order valence-corrected chi connectivity index (χ2v) is 3.82. The first kappa shape index (κ1) is 9.08. The molecule has 2 heteroatoms. The Morgan fingerprint density at radius 1 is 1.36 bits per heavy atom. The molecule has 0 saturated carbocycles. The molecule has 0 radical (unpaired) electrons. The fourth-order valence-corrected chi connectivity index (χ4v) is 1.95. The van der Waals surface area contributed by atoms with E-state index in [0.717, 1.165) is 19.4 Å². The minimum absolute atomic E-state index is 0.0812. The molecular formula is C12H14N2. The number of benzene rings is 1. The maximum absolute atomic E-state index is 8.96. The van der Waals surface area contributed by atoms with E-state index in [2.05, 4.69) is 42.2 Å². The van der Waals surface area contributed by atoms with Crippen LogP contribution >= 0.6 is 0 Å². The van der Waals surface area contributed by atoms with E-state index < -0.39 is 0 Å². The molecule has 0 N–H and O–H groups in total. The summed E-state index contributed by atoms with van der Waals surface area (Å²) >= 11 is 0. The molecule has 0 aliphatic carbocycles. The Morgan fingerprint density at radius 2 is 2.07 bits per heavy atom. The van der Waals surface area contributed by atoms with E-state index in [1.807, 2.05) is 0 Å². The van der Waals surface area contributed by atoms with E-state index in [9.17, 15) is 0 Å². The summed E-state index contributed by atoms with van der Waals surface area (Å²) < 4.78 is 0. The number of rotatable bonds is 1. The highest BCUT2D eigenvalue weighted by Crippen LogP contribution is 2.25. The molecule has 1 saturated heterocycles. The molecule has 1 aliphatic rings. The van der Waals surface area contributed by atoms with Gasteiger partial charge in [-0.05, 0) is 31.9 Å². The third-order valence-electron chi connectivity index (χ3n) is 2.77. The van der Waals surface area contributed by atoms with Gasteiger partial charge in [0.2, 0.25) is 0 Å². The average molecular weight is 186 g/mol. The lowest BCUT2D eigenvalue weighted by Gasteiger charge is -2.21. The molecule has 14 heavy (non-hydrogen) atoms. The van der Waals surface area contributed by atoms with Gasteiger partial charge in [-0.3, -0.25) is 0 Å². The van der Waals surface area contributed by atoms with Crippen molar-refractivity contribution < 1.29 is 0 Å². The monoisotopic (exact) mass is 186 g/mol. The lowest BCUT2D eigenvalue weighted by atomic mass is 10.2. The van der Waals surface area contributed by atoms with Crippen LogP contribution in [0.3, 0.4) is 0 Å². The van der Waals surface area contributed by atoms with Gasteiger partial charge < -0.3 is 4.90 Å². The van der Waals surface area contributed by atoms with Gasteiger partial charge in [0.05, 0.1) is 6.07 Å². The molecule has 0 aromatic heterocycles. The van der Waals surface area contributed by atoms with Crippen molar-refractivity contribution in [2.75, 3.05) is 11.4 Å². The van der Waals surface area contributed by atoms with Crippen molar-refractivity contribution in [2.24, 2.45) is 0 Å². The van der Waals surface area contributed by atoms with Crippen molar-refractivity contribution in [3.05, 3.63) is 29.8 Å². The molecule has 1 heterocycles. The summed E-state index contributed by atoms with van der Waals surface area (Å²) in [6.07, 6.45) is 2.14. The maximum Gasteiger partial charge on any atom is 0.116 e. The first-order valence-electron chi connectivity index (χ1n) is 5.04. The van der Waals surface area contributed by atoms with Crippen LogP contribution in [0.25, 0.3) is 0 Å². The van der Waals surface area contributed by atoms with Gasteiger partial charge in [0, 0.05) is 12.2 Å². The Kier molecular flexibility index (Phi) is 2.41. The minimum Gasteiger partial charge on any atom is -0.356 e. The number of nitriles is 1. The molecule has 1 aromatic carbocycles. The zero-order valence-corrected chi connectivity index (χ0v) is 8.40. The van der Waals surface area contributed by atoms with Crippen molar-refractivity contribution in [1.29, 1.82) is 5.26 Å². The van der Waals surface area contributed by atoms with E-state index in [1.165, 1.54) is 11.3 Å². The summed E-state index contributed by atoms with van der Waals surface area (Å²) in [5.74, 6) is 0. The molecule has 1 aromatic rings. The SMILES string of the molecule is Cc1ccc(N2CCCC2C#N)cc1. The quantitative estimate of drug-likeness (QED) is 0.673. The number of hydrogen-bond donors (Lipinski definition) is 0. The Labute approximate surface area is 84.8 Å². The van der Waals surface area contributed by atoms with Gasteiger partial charge in [0.1, 0.15) is 6.04 Å². The Hall–Kier alpha value is -1.49. The summed E-state index contributed by atoms with van der Waals surface area (Å²) in [6.45, 7) is 3.09. The zero-order valence-electron chi connectivity index (χ0n) is 8.40. The maximum atomic E-state index is 8.96. The van der Waals surface area contributed by atoms with Gasteiger partial charge in [-0.1, -0.05) is 17.7 Å². The lowest BCUT2D eigenvalue weighted by molar-refractivity contribution is 0.818. The van der Waals surface area contributed by atoms with Crippen LogP contribution in [0.4, 0.5) is 5.69 Å². The van der Waals surface area contributed by atoms with Crippen LogP contribution < -0.4 is 4.90 Å². The average Bonchev–Trinajstić information content (AvgIpc) is 2.67. The van der Waals surface area contributed by atoms with E-state index >= 15 is 0 Å². The zero-order chi connectivity index (χ0) is 9.97. The van der Waals surface area contributed by atoms with Gasteiger partial charge in [-0.25, -0.2) is 0 Å². The van der Waals surface area contributed by atoms with Crippen molar-refractivity contribution in [3.8, 4) is 6.07 Å². The molecule has 2 rings (SSSR count). The highest BCUT2D eigenvalue weighted by atomic mass is 15.2. The molecule has 0 bridgehead atoms. The number of anilines is 1. The fraction of sp³-hybridized carbons (Fsp3) is 0.417. The summed E-state index contributed by atoms with van der Waals surface area (Å²) in [4.78, 5) is 2.19. The number of nitrogens with zero attached hydrogens (tertiary/aromatic N) is 2. The Bertz CT molecular complexity index is 348. The van der Waals surface area contributed by atoms with Crippen molar-refractivity contribution in [1.82, 2.24) is 0 Å². The highest BCUT2D eigenvalue weighted by Gasteiger charge is 2.23. The normalized spacial score (nSPS) is 20.9. The Morgan fingerprint density at radius 3 is 2.71 bits per heavy atom. The smallest absolute Gasteiger partial charge is 0.116 e. The third kappa shape index (κ3) is 1.58. The van der Waals surface area contributed by atoms with Gasteiger partial charge in [-0.15, -0.1) is 0 Å². The summed E-state index contributed by atoms with van der Waals surface area (Å²) in [5.41, 5.74) is 2.45. The summed E-state index contributed by atoms with van der Waals surface area (Å²) in [5, 5.41) is 8.96. The predicted octanol–water partition coefficient (Wildman–Crippen LogP) is 2.49. The highest BCUT2D eigenvalue weighted by molar-refractivity contribution is 5.50. The standard InChI is InChI=1S/C12H14N2/c1-10-4-6-11(7-5-10)14-8-2-3-12(14)9-13/h4-7,12H,2-3,8H2,1H3. The lowest BCUT2D eigenvalue weighted by Crippen LogP contribution is -2.27. The summed E-state index contributed by atoms with van der Waals surface area (Å²) in [6, 6.07) is 10.8. The van der Waals surface area contributed by atoms with Crippen LogP contribution in [0.5, 0.6) is 0 Å². The Balaban J connectivity index is 2.23. The fourth-order valence-electron chi connectivity index (χ4n) is 1.95. The molecule has 72 valence electrons. The first-order valence-corrected chi connectivity index (χ1v) is 5.04. The number of aryl methyl sites for hydroxylation is 1. The molecule has 1 aliphatic heterocycles. The van der Waals surface area contributed by atoms with E-state index in [-0.39, 0.29) is 6.04 Å². The molecule has 0 spiro atoms. The minimum atomic E-state index is 0.0812. The predicted molar refractivity (Wildman–Crippen MR) is 57.2 cm³/mol. The van der Waals surface area contributed by atoms with Crippen LogP contribution in [0.2, 0.25) is 0 Å². The van der Waals surface area contributed by atoms with Crippen molar-refractivity contribution in [3.63, 3.8) is 0 Å². The second-order valence-electron chi connectivity index (χ2n) is 3.82. The first-order chi connectivity index (χ1) is 6.81. The van der Waals surface area contributed by atoms with Crippen LogP contribution in [0, 0.1) is 18.3 Å². The van der Waals surface area contributed by atoms with Crippen LogP contribution in [0.15, 0.2) is 24.3 Å². The second kappa shape index (κ2) is 3.71. The van der Waals surface area contributed by atoms with E-state index in [4.69, 9.17) is 5.26 Å². The van der Waals surface area contributed by atoms with Crippen LogP contribution in [-0.4, -0.2) is 12.6 Å². The topological polar surface area (TPSA) is 27.0 Å². The number of hydrogen-bond acceptors (Lipinski definition) is 2. The summed E-state index contributed by atoms with van der Waals surface area (Å²) in [7, 11) is 0. The van der Waals surface area contributed by atoms with Gasteiger partial charge in [-0.2, -0.15) is 5.26 Å².